The van der Waals surface area contributed by atoms with Crippen LogP contribution in [0.15, 0.2) is 59.5 Å². The highest BCUT2D eigenvalue weighted by Gasteiger charge is 2.36. The SMILES string of the molecule is CCCOCC(C(=O)NC(Cc1ccc(OC)cc1)C(=O)NC)C(CSc1ccccc1)C(=O)O. The molecular formula is C26H34N2O6S. The molecule has 0 bridgehead atoms. The zero-order valence-electron chi connectivity index (χ0n) is 20.4. The van der Waals surface area contributed by atoms with Gasteiger partial charge < -0.3 is 25.2 Å². The van der Waals surface area contributed by atoms with E-state index < -0.39 is 29.8 Å². The normalized spacial score (nSPS) is 13.3. The zero-order chi connectivity index (χ0) is 25.6. The Morgan fingerprint density at radius 3 is 2.26 bits per heavy atom. The lowest BCUT2D eigenvalue weighted by Gasteiger charge is -2.26. The molecule has 8 nitrogen and oxygen atoms in total. The van der Waals surface area contributed by atoms with E-state index in [0.29, 0.717) is 12.4 Å². The number of aliphatic carboxylic acids is 1. The smallest absolute Gasteiger partial charge is 0.308 e. The fraction of sp³-hybridized carbons (Fsp3) is 0.423. The molecule has 2 aromatic rings. The molecule has 190 valence electrons. The van der Waals surface area contributed by atoms with Crippen LogP contribution in [0.4, 0.5) is 0 Å². The number of thioether (sulfide) groups is 1. The molecule has 2 aromatic carbocycles. The van der Waals surface area contributed by atoms with Crippen molar-refractivity contribution in [3.05, 3.63) is 60.2 Å². The first kappa shape index (κ1) is 28.2. The maximum atomic E-state index is 13.4. The van der Waals surface area contributed by atoms with Gasteiger partial charge in [0.05, 0.1) is 25.6 Å². The Labute approximate surface area is 210 Å². The van der Waals surface area contributed by atoms with Gasteiger partial charge in [0, 0.05) is 30.7 Å². The topological polar surface area (TPSA) is 114 Å². The van der Waals surface area contributed by atoms with Gasteiger partial charge in [-0.05, 0) is 36.2 Å². The number of carbonyl (C=O) groups excluding carboxylic acids is 2. The lowest BCUT2D eigenvalue weighted by Crippen LogP contribution is -2.51. The van der Waals surface area contributed by atoms with Gasteiger partial charge in [-0.1, -0.05) is 37.3 Å². The fourth-order valence-electron chi connectivity index (χ4n) is 3.45. The molecular weight excluding hydrogens is 468 g/mol. The van der Waals surface area contributed by atoms with Crippen molar-refractivity contribution in [2.75, 3.05) is 33.1 Å². The van der Waals surface area contributed by atoms with Gasteiger partial charge in [0.15, 0.2) is 0 Å². The van der Waals surface area contributed by atoms with E-state index >= 15 is 0 Å². The highest BCUT2D eigenvalue weighted by molar-refractivity contribution is 7.99. The predicted octanol–water partition coefficient (Wildman–Crippen LogP) is 3.00. The summed E-state index contributed by atoms with van der Waals surface area (Å²) < 4.78 is 10.8. The van der Waals surface area contributed by atoms with Gasteiger partial charge in [-0.15, -0.1) is 11.8 Å². The average Bonchev–Trinajstić information content (AvgIpc) is 2.87. The number of carbonyl (C=O) groups is 3. The molecule has 0 aliphatic heterocycles. The van der Waals surface area contributed by atoms with E-state index in [0.717, 1.165) is 16.9 Å². The Kier molecular flexibility index (Phi) is 12.1. The van der Waals surface area contributed by atoms with Crippen LogP contribution in [0.3, 0.4) is 0 Å². The fourth-order valence-corrected chi connectivity index (χ4v) is 4.55. The van der Waals surface area contributed by atoms with Crippen molar-refractivity contribution in [1.29, 1.82) is 0 Å². The standard InChI is InChI=1S/C26H34N2O6S/c1-4-14-34-16-21(22(26(31)32)17-35-20-8-6-5-7-9-20)24(29)28-23(25(30)27-2)15-18-10-12-19(33-3)13-11-18/h5-13,21-23H,4,14-17H2,1-3H3,(H,27,30)(H,28,29)(H,31,32). The van der Waals surface area contributed by atoms with Crippen LogP contribution in [0.1, 0.15) is 18.9 Å². The summed E-state index contributed by atoms with van der Waals surface area (Å²) in [5, 5.41) is 15.3. The van der Waals surface area contributed by atoms with Crippen LogP contribution in [-0.4, -0.2) is 62.1 Å². The van der Waals surface area contributed by atoms with Crippen LogP contribution in [0.2, 0.25) is 0 Å². The predicted molar refractivity (Wildman–Crippen MR) is 136 cm³/mol. The number of likely N-dealkylation sites (N-methyl/N-ethyl adjacent to an activating group) is 1. The number of nitrogens with one attached hydrogen (secondary N) is 2. The minimum Gasteiger partial charge on any atom is -0.497 e. The second kappa shape index (κ2) is 15.1. The van der Waals surface area contributed by atoms with Gasteiger partial charge in [0.25, 0.3) is 0 Å². The number of carboxylic acid groups (broad SMARTS) is 1. The molecule has 35 heavy (non-hydrogen) atoms. The number of amides is 2. The van der Waals surface area contributed by atoms with Crippen molar-refractivity contribution in [3.8, 4) is 5.75 Å². The lowest BCUT2D eigenvalue weighted by molar-refractivity contribution is -0.148. The van der Waals surface area contributed by atoms with E-state index in [4.69, 9.17) is 9.47 Å². The maximum absolute atomic E-state index is 13.4. The van der Waals surface area contributed by atoms with Gasteiger partial charge >= 0.3 is 5.97 Å². The van der Waals surface area contributed by atoms with Crippen LogP contribution in [0.25, 0.3) is 0 Å². The summed E-state index contributed by atoms with van der Waals surface area (Å²) in [6.45, 7) is 2.30. The Hall–Kier alpha value is -3.04. The number of carboxylic acids is 1. The van der Waals surface area contributed by atoms with Crippen LogP contribution < -0.4 is 15.4 Å². The number of hydrogen-bond acceptors (Lipinski definition) is 6. The quantitative estimate of drug-likeness (QED) is 0.253. The summed E-state index contributed by atoms with van der Waals surface area (Å²) in [4.78, 5) is 39.0. The molecule has 0 fully saturated rings. The van der Waals surface area contributed by atoms with E-state index in [1.165, 1.54) is 18.8 Å². The molecule has 9 heteroatoms. The molecule has 0 saturated heterocycles. The molecule has 0 aromatic heterocycles. The third kappa shape index (κ3) is 9.26. The molecule has 0 saturated carbocycles. The summed E-state index contributed by atoms with van der Waals surface area (Å²) >= 11 is 1.37. The average molecular weight is 503 g/mol. The Balaban J connectivity index is 2.20. The number of hydrogen-bond donors (Lipinski definition) is 3. The van der Waals surface area contributed by atoms with Gasteiger partial charge in [-0.25, -0.2) is 0 Å². The summed E-state index contributed by atoms with van der Waals surface area (Å²) in [5.41, 5.74) is 0.827. The van der Waals surface area contributed by atoms with Gasteiger partial charge in [-0.3, -0.25) is 14.4 Å². The number of rotatable bonds is 15. The van der Waals surface area contributed by atoms with Crippen LogP contribution in [0, 0.1) is 11.8 Å². The number of methoxy groups -OCH3 is 1. The molecule has 3 unspecified atom stereocenters. The first-order chi connectivity index (χ1) is 16.9. The van der Waals surface area contributed by atoms with Crippen molar-refractivity contribution in [1.82, 2.24) is 10.6 Å². The summed E-state index contributed by atoms with van der Waals surface area (Å²) in [5.74, 6) is -3.06. The van der Waals surface area contributed by atoms with E-state index in [9.17, 15) is 19.5 Å². The molecule has 2 rings (SSSR count). The zero-order valence-corrected chi connectivity index (χ0v) is 21.2. The molecule has 0 aliphatic rings. The highest BCUT2D eigenvalue weighted by atomic mass is 32.2. The third-order valence-electron chi connectivity index (χ3n) is 5.44. The highest BCUT2D eigenvalue weighted by Crippen LogP contribution is 2.26. The Morgan fingerprint density at radius 2 is 1.69 bits per heavy atom. The van der Waals surface area contributed by atoms with Crippen molar-refractivity contribution >= 4 is 29.5 Å². The van der Waals surface area contributed by atoms with Crippen LogP contribution >= 0.6 is 11.8 Å². The second-order valence-electron chi connectivity index (χ2n) is 7.98. The molecule has 0 spiro atoms. The number of benzene rings is 2. The van der Waals surface area contributed by atoms with Crippen molar-refractivity contribution < 1.29 is 29.0 Å². The van der Waals surface area contributed by atoms with E-state index in [1.807, 2.05) is 49.4 Å². The van der Waals surface area contributed by atoms with E-state index in [-0.39, 0.29) is 24.7 Å². The first-order valence-corrected chi connectivity index (χ1v) is 12.5. The Morgan fingerprint density at radius 1 is 1.00 bits per heavy atom. The first-order valence-electron chi connectivity index (χ1n) is 11.5. The minimum absolute atomic E-state index is 0.0466. The largest absolute Gasteiger partial charge is 0.497 e. The van der Waals surface area contributed by atoms with Crippen LogP contribution in [-0.2, 0) is 25.5 Å². The van der Waals surface area contributed by atoms with Gasteiger partial charge in [0.2, 0.25) is 11.8 Å². The second-order valence-corrected chi connectivity index (χ2v) is 9.07. The monoisotopic (exact) mass is 502 g/mol. The van der Waals surface area contributed by atoms with Gasteiger partial charge in [0.1, 0.15) is 11.8 Å². The van der Waals surface area contributed by atoms with Crippen LogP contribution in [0.5, 0.6) is 5.75 Å². The van der Waals surface area contributed by atoms with E-state index in [1.54, 1.807) is 19.2 Å². The third-order valence-corrected chi connectivity index (χ3v) is 6.57. The van der Waals surface area contributed by atoms with Crippen molar-refractivity contribution in [3.63, 3.8) is 0 Å². The molecule has 3 atom stereocenters. The van der Waals surface area contributed by atoms with E-state index in [2.05, 4.69) is 10.6 Å². The summed E-state index contributed by atoms with van der Waals surface area (Å²) in [7, 11) is 3.06. The molecule has 0 heterocycles. The molecule has 0 aliphatic carbocycles. The lowest BCUT2D eigenvalue weighted by atomic mass is 9.93. The summed E-state index contributed by atoms with van der Waals surface area (Å²) in [6, 6.07) is 15.7. The molecule has 3 N–H and O–H groups in total. The minimum atomic E-state index is -1.08. The Bertz CT molecular complexity index is 939. The maximum Gasteiger partial charge on any atom is 0.308 e. The van der Waals surface area contributed by atoms with Crippen molar-refractivity contribution in [2.24, 2.45) is 11.8 Å². The van der Waals surface area contributed by atoms with Crippen molar-refractivity contribution in [2.45, 2.75) is 30.7 Å². The number of ether oxygens (including phenoxy) is 2. The van der Waals surface area contributed by atoms with Gasteiger partial charge in [-0.2, -0.15) is 0 Å². The molecule has 0 radical (unpaired) electrons. The molecule has 2 amide bonds. The summed E-state index contributed by atoms with van der Waals surface area (Å²) in [6.07, 6.45) is 0.984.